The zero-order valence-corrected chi connectivity index (χ0v) is 13.9. The summed E-state index contributed by atoms with van der Waals surface area (Å²) < 4.78 is 14.0. The van der Waals surface area contributed by atoms with Crippen LogP contribution in [0.5, 0.6) is 5.75 Å². The van der Waals surface area contributed by atoms with E-state index in [-0.39, 0.29) is 5.91 Å². The van der Waals surface area contributed by atoms with Gasteiger partial charge in [-0.2, -0.15) is 8.75 Å². The molecule has 0 aliphatic heterocycles. The molecule has 2 aromatic heterocycles. The highest BCUT2D eigenvalue weighted by atomic mass is 32.1. The molecule has 1 N–H and O–H groups in total. The van der Waals surface area contributed by atoms with Crippen LogP contribution in [0.4, 0.5) is 0 Å². The van der Waals surface area contributed by atoms with Gasteiger partial charge in [0.2, 0.25) is 0 Å². The van der Waals surface area contributed by atoms with E-state index >= 15 is 0 Å². The molecule has 0 spiro atoms. The molecular formula is C17H16N4O2S. The van der Waals surface area contributed by atoms with Gasteiger partial charge in [0.15, 0.2) is 0 Å². The monoisotopic (exact) mass is 340 g/mol. The van der Waals surface area contributed by atoms with E-state index in [1.807, 2.05) is 25.1 Å². The molecule has 1 amide bonds. The SMILES string of the molecule is Cc1nsnc1COc1cccc(C(=O)NCc2cccnc2)c1. The van der Waals surface area contributed by atoms with Crippen LogP contribution in [0.25, 0.3) is 0 Å². The van der Waals surface area contributed by atoms with Gasteiger partial charge in [0.05, 0.1) is 17.4 Å². The maximum Gasteiger partial charge on any atom is 0.251 e. The average molecular weight is 340 g/mol. The number of rotatable bonds is 6. The Balaban J connectivity index is 1.60. The van der Waals surface area contributed by atoms with Gasteiger partial charge in [-0.05, 0) is 36.8 Å². The first-order valence-corrected chi connectivity index (χ1v) is 8.13. The Hall–Kier alpha value is -2.80. The fourth-order valence-electron chi connectivity index (χ4n) is 2.05. The largest absolute Gasteiger partial charge is 0.487 e. The molecule has 1 aromatic carbocycles. The molecule has 24 heavy (non-hydrogen) atoms. The predicted octanol–water partition coefficient (Wildman–Crippen LogP) is 2.75. The molecule has 0 aliphatic rings. The normalized spacial score (nSPS) is 10.4. The van der Waals surface area contributed by atoms with Crippen molar-refractivity contribution in [2.24, 2.45) is 0 Å². The molecular weight excluding hydrogens is 324 g/mol. The predicted molar refractivity (Wildman–Crippen MR) is 90.8 cm³/mol. The lowest BCUT2D eigenvalue weighted by atomic mass is 10.2. The van der Waals surface area contributed by atoms with E-state index in [9.17, 15) is 4.79 Å². The van der Waals surface area contributed by atoms with E-state index in [1.165, 1.54) is 0 Å². The number of hydrogen-bond donors (Lipinski definition) is 1. The number of carbonyl (C=O) groups excluding carboxylic acids is 1. The Bertz CT molecular complexity index is 820. The van der Waals surface area contributed by atoms with Crippen LogP contribution in [-0.2, 0) is 13.2 Å². The van der Waals surface area contributed by atoms with E-state index in [2.05, 4.69) is 19.0 Å². The van der Waals surface area contributed by atoms with Crippen molar-refractivity contribution in [3.8, 4) is 5.75 Å². The summed E-state index contributed by atoms with van der Waals surface area (Å²) in [6.07, 6.45) is 3.43. The lowest BCUT2D eigenvalue weighted by molar-refractivity contribution is 0.0950. The zero-order chi connectivity index (χ0) is 16.8. The van der Waals surface area contributed by atoms with Gasteiger partial charge < -0.3 is 10.1 Å². The third-order valence-corrected chi connectivity index (χ3v) is 4.05. The highest BCUT2D eigenvalue weighted by Gasteiger charge is 2.08. The van der Waals surface area contributed by atoms with Crippen molar-refractivity contribution in [3.05, 3.63) is 71.3 Å². The Morgan fingerprint density at radius 1 is 1.25 bits per heavy atom. The summed E-state index contributed by atoms with van der Waals surface area (Å²) in [4.78, 5) is 16.3. The second-order valence-corrected chi connectivity index (χ2v) is 5.69. The van der Waals surface area contributed by atoms with Crippen LogP contribution in [0.15, 0.2) is 48.8 Å². The van der Waals surface area contributed by atoms with E-state index in [0.717, 1.165) is 28.7 Å². The summed E-state index contributed by atoms with van der Waals surface area (Å²) in [5, 5.41) is 2.87. The van der Waals surface area contributed by atoms with Gasteiger partial charge in [-0.25, -0.2) is 0 Å². The Kier molecular flexibility index (Phi) is 5.12. The van der Waals surface area contributed by atoms with Crippen LogP contribution in [0.1, 0.15) is 27.3 Å². The molecule has 2 heterocycles. The van der Waals surface area contributed by atoms with Gasteiger partial charge in [0.25, 0.3) is 5.91 Å². The first-order valence-electron chi connectivity index (χ1n) is 7.40. The third-order valence-electron chi connectivity index (χ3n) is 3.39. The van der Waals surface area contributed by atoms with Gasteiger partial charge in [0.1, 0.15) is 18.1 Å². The number of carbonyl (C=O) groups is 1. The van der Waals surface area contributed by atoms with E-state index in [0.29, 0.717) is 24.5 Å². The molecule has 122 valence electrons. The number of benzene rings is 1. The van der Waals surface area contributed by atoms with Crippen LogP contribution in [0.3, 0.4) is 0 Å². The van der Waals surface area contributed by atoms with Crippen molar-refractivity contribution >= 4 is 17.6 Å². The van der Waals surface area contributed by atoms with Crippen LogP contribution < -0.4 is 10.1 Å². The van der Waals surface area contributed by atoms with Crippen molar-refractivity contribution in [1.29, 1.82) is 0 Å². The quantitative estimate of drug-likeness (QED) is 0.746. The first-order chi connectivity index (χ1) is 11.7. The van der Waals surface area contributed by atoms with Crippen LogP contribution in [0.2, 0.25) is 0 Å². The maximum atomic E-state index is 12.2. The van der Waals surface area contributed by atoms with Crippen molar-refractivity contribution in [2.75, 3.05) is 0 Å². The van der Waals surface area contributed by atoms with Crippen molar-refractivity contribution in [1.82, 2.24) is 19.0 Å². The highest BCUT2D eigenvalue weighted by Crippen LogP contribution is 2.16. The molecule has 6 nitrogen and oxygen atoms in total. The molecule has 0 saturated heterocycles. The summed E-state index contributed by atoms with van der Waals surface area (Å²) in [7, 11) is 0. The lowest BCUT2D eigenvalue weighted by Gasteiger charge is -2.08. The minimum atomic E-state index is -0.157. The first kappa shape index (κ1) is 16.1. The minimum absolute atomic E-state index is 0.157. The second-order valence-electron chi connectivity index (χ2n) is 5.16. The molecule has 0 aliphatic carbocycles. The number of hydrogen-bond acceptors (Lipinski definition) is 6. The van der Waals surface area contributed by atoms with E-state index in [1.54, 1.807) is 30.6 Å². The molecule has 0 atom stereocenters. The lowest BCUT2D eigenvalue weighted by Crippen LogP contribution is -2.22. The number of nitrogens with one attached hydrogen (secondary N) is 1. The minimum Gasteiger partial charge on any atom is -0.487 e. The van der Waals surface area contributed by atoms with Gasteiger partial charge in [-0.3, -0.25) is 9.78 Å². The maximum absolute atomic E-state index is 12.2. The van der Waals surface area contributed by atoms with Gasteiger partial charge >= 0.3 is 0 Å². The Morgan fingerprint density at radius 3 is 2.92 bits per heavy atom. The van der Waals surface area contributed by atoms with Crippen molar-refractivity contribution in [2.45, 2.75) is 20.1 Å². The fourth-order valence-corrected chi connectivity index (χ4v) is 2.60. The number of ether oxygens (including phenoxy) is 1. The van der Waals surface area contributed by atoms with Gasteiger partial charge in [0, 0.05) is 24.5 Å². The van der Waals surface area contributed by atoms with E-state index < -0.39 is 0 Å². The summed E-state index contributed by atoms with van der Waals surface area (Å²) >= 11 is 1.16. The fraction of sp³-hybridized carbons (Fsp3) is 0.176. The molecule has 3 aromatic rings. The Morgan fingerprint density at radius 2 is 2.17 bits per heavy atom. The number of aryl methyl sites for hydroxylation is 1. The average Bonchev–Trinajstić information content (AvgIpc) is 3.04. The molecule has 7 heteroatoms. The summed E-state index contributed by atoms with van der Waals surface area (Å²) in [5.41, 5.74) is 3.17. The van der Waals surface area contributed by atoms with Crippen LogP contribution in [-0.4, -0.2) is 19.6 Å². The topological polar surface area (TPSA) is 77.0 Å². The third kappa shape index (κ3) is 4.14. The number of aromatic nitrogens is 3. The summed E-state index contributed by atoms with van der Waals surface area (Å²) in [5.74, 6) is 0.465. The number of pyridine rings is 1. The summed E-state index contributed by atoms with van der Waals surface area (Å²) in [6, 6.07) is 10.8. The van der Waals surface area contributed by atoms with Crippen LogP contribution in [0, 0.1) is 6.92 Å². The molecule has 0 saturated carbocycles. The number of amides is 1. The highest BCUT2D eigenvalue weighted by molar-refractivity contribution is 6.99. The van der Waals surface area contributed by atoms with Crippen molar-refractivity contribution < 1.29 is 9.53 Å². The molecule has 0 radical (unpaired) electrons. The van der Waals surface area contributed by atoms with Crippen molar-refractivity contribution in [3.63, 3.8) is 0 Å². The standard InChI is InChI=1S/C17H16N4O2S/c1-12-16(21-24-20-12)11-23-15-6-2-5-14(8-15)17(22)19-10-13-4-3-7-18-9-13/h2-9H,10-11H2,1H3,(H,19,22). The summed E-state index contributed by atoms with van der Waals surface area (Å²) in [6.45, 7) is 2.66. The molecule has 3 rings (SSSR count). The molecule has 0 bridgehead atoms. The smallest absolute Gasteiger partial charge is 0.251 e. The Labute approximate surface area is 143 Å². The second kappa shape index (κ2) is 7.65. The van der Waals surface area contributed by atoms with Gasteiger partial charge in [-0.15, -0.1) is 0 Å². The van der Waals surface area contributed by atoms with Crippen LogP contribution >= 0.6 is 11.7 Å². The molecule has 0 unspecified atom stereocenters. The number of nitrogens with zero attached hydrogens (tertiary/aromatic N) is 3. The molecule has 0 fully saturated rings. The zero-order valence-electron chi connectivity index (χ0n) is 13.1. The van der Waals surface area contributed by atoms with E-state index in [4.69, 9.17) is 4.74 Å². The van der Waals surface area contributed by atoms with Gasteiger partial charge in [-0.1, -0.05) is 12.1 Å².